The van der Waals surface area contributed by atoms with E-state index in [0.29, 0.717) is 0 Å². The molecular formula is C18H24N4O3. The van der Waals surface area contributed by atoms with Crippen LogP contribution in [-0.4, -0.2) is 38.8 Å². The molecule has 1 aliphatic heterocycles. The van der Waals surface area contributed by atoms with E-state index in [9.17, 15) is 14.7 Å². The van der Waals surface area contributed by atoms with Crippen molar-refractivity contribution in [1.29, 1.82) is 0 Å². The number of rotatable bonds is 5. The van der Waals surface area contributed by atoms with Crippen LogP contribution in [0.5, 0.6) is 5.75 Å². The van der Waals surface area contributed by atoms with Gasteiger partial charge < -0.3 is 15.7 Å². The van der Waals surface area contributed by atoms with Crippen LogP contribution < -0.4 is 10.6 Å². The lowest BCUT2D eigenvalue weighted by molar-refractivity contribution is -0.124. The molecule has 25 heavy (non-hydrogen) atoms. The van der Waals surface area contributed by atoms with Gasteiger partial charge in [-0.1, -0.05) is 20.8 Å². The van der Waals surface area contributed by atoms with Crippen LogP contribution in [0.1, 0.15) is 63.0 Å². The summed E-state index contributed by atoms with van der Waals surface area (Å²) in [6.07, 6.45) is 4.23. The van der Waals surface area contributed by atoms with E-state index in [2.05, 4.69) is 20.6 Å². The molecule has 7 nitrogen and oxygen atoms in total. The number of carbonyl (C=O) groups is 2. The standard InChI is InChI=1S/C18H24N4O3/c1-5-18(6-7-18)22-15(24)11-8-12(23)13(19-9-11)14-20-16(25)17(4,21-14)10(2)3/h8-10,23H,5-7H2,1-4H3,(H,22,24)(H,20,21,25). The Balaban J connectivity index is 1.84. The lowest BCUT2D eigenvalue weighted by atomic mass is 9.89. The molecule has 0 radical (unpaired) electrons. The van der Waals surface area contributed by atoms with Gasteiger partial charge in [0.25, 0.3) is 11.8 Å². The van der Waals surface area contributed by atoms with Gasteiger partial charge in [0, 0.05) is 11.7 Å². The predicted octanol–water partition coefficient (Wildman–Crippen LogP) is 1.75. The maximum Gasteiger partial charge on any atom is 0.253 e. The van der Waals surface area contributed by atoms with Crippen molar-refractivity contribution in [1.82, 2.24) is 15.6 Å². The molecule has 1 atom stereocenters. The highest BCUT2D eigenvalue weighted by molar-refractivity contribution is 6.15. The SMILES string of the molecule is CCC1(NC(=O)c2cnc(C3=NC(C)(C(C)C)C(=O)N3)c(O)c2)CC1. The van der Waals surface area contributed by atoms with Gasteiger partial charge >= 0.3 is 0 Å². The molecule has 2 aliphatic rings. The van der Waals surface area contributed by atoms with Gasteiger partial charge in [-0.2, -0.15) is 0 Å². The van der Waals surface area contributed by atoms with Gasteiger partial charge in [0.05, 0.1) is 5.56 Å². The second kappa shape index (κ2) is 5.82. The molecule has 3 rings (SSSR count). The minimum absolute atomic E-state index is 0.000897. The first-order valence-corrected chi connectivity index (χ1v) is 8.64. The zero-order chi connectivity index (χ0) is 18.4. The van der Waals surface area contributed by atoms with Crippen molar-refractivity contribution in [3.63, 3.8) is 0 Å². The lowest BCUT2D eigenvalue weighted by Crippen LogP contribution is -2.41. The second-order valence-electron chi connectivity index (χ2n) is 7.40. The fourth-order valence-corrected chi connectivity index (χ4v) is 2.84. The molecule has 0 spiro atoms. The third kappa shape index (κ3) is 2.99. The highest BCUT2D eigenvalue weighted by Gasteiger charge is 2.43. The van der Waals surface area contributed by atoms with E-state index in [1.54, 1.807) is 6.92 Å². The fraction of sp³-hybridized carbons (Fsp3) is 0.556. The number of carbonyl (C=O) groups excluding carboxylic acids is 2. The lowest BCUT2D eigenvalue weighted by Gasteiger charge is -2.21. The van der Waals surface area contributed by atoms with E-state index in [1.807, 2.05) is 20.8 Å². The van der Waals surface area contributed by atoms with Crippen LogP contribution in [-0.2, 0) is 4.79 Å². The van der Waals surface area contributed by atoms with Crippen LogP contribution in [0.15, 0.2) is 17.3 Å². The number of hydrogen-bond donors (Lipinski definition) is 3. The van der Waals surface area contributed by atoms with Gasteiger partial charge in [0.15, 0.2) is 5.84 Å². The number of hydrogen-bond acceptors (Lipinski definition) is 5. The third-order valence-corrected chi connectivity index (χ3v) is 5.42. The molecule has 1 unspecified atom stereocenters. The van der Waals surface area contributed by atoms with Gasteiger partial charge in [-0.3, -0.25) is 9.59 Å². The van der Waals surface area contributed by atoms with Crippen LogP contribution in [0.3, 0.4) is 0 Å². The summed E-state index contributed by atoms with van der Waals surface area (Å²) in [6, 6.07) is 1.36. The van der Waals surface area contributed by atoms with Crippen molar-refractivity contribution in [2.24, 2.45) is 10.9 Å². The molecule has 1 aliphatic carbocycles. The number of aliphatic imine (C=N–C) groups is 1. The highest BCUT2D eigenvalue weighted by Crippen LogP contribution is 2.38. The molecule has 0 bridgehead atoms. The van der Waals surface area contributed by atoms with Crippen LogP contribution >= 0.6 is 0 Å². The van der Waals surface area contributed by atoms with E-state index in [1.165, 1.54) is 12.3 Å². The number of pyridine rings is 1. The minimum atomic E-state index is -0.890. The molecule has 0 saturated heterocycles. The van der Waals surface area contributed by atoms with E-state index >= 15 is 0 Å². The first-order chi connectivity index (χ1) is 11.7. The summed E-state index contributed by atoms with van der Waals surface area (Å²) < 4.78 is 0. The van der Waals surface area contributed by atoms with Crippen LogP contribution in [0.2, 0.25) is 0 Å². The summed E-state index contributed by atoms with van der Waals surface area (Å²) in [5.41, 5.74) is -0.532. The van der Waals surface area contributed by atoms with Crippen molar-refractivity contribution in [3.05, 3.63) is 23.5 Å². The molecule has 1 aromatic rings. The zero-order valence-corrected chi connectivity index (χ0v) is 15.0. The molecule has 1 fully saturated rings. The molecule has 1 saturated carbocycles. The van der Waals surface area contributed by atoms with Gasteiger partial charge in [0.2, 0.25) is 0 Å². The normalized spacial score (nSPS) is 24.0. The van der Waals surface area contributed by atoms with Crippen LogP contribution in [0.25, 0.3) is 0 Å². The van der Waals surface area contributed by atoms with E-state index < -0.39 is 5.54 Å². The maximum absolute atomic E-state index is 12.3. The van der Waals surface area contributed by atoms with E-state index in [0.717, 1.165) is 19.3 Å². The maximum atomic E-state index is 12.3. The number of nitrogens with zero attached hydrogens (tertiary/aromatic N) is 2. The smallest absolute Gasteiger partial charge is 0.253 e. The van der Waals surface area contributed by atoms with Gasteiger partial charge in [-0.25, -0.2) is 9.98 Å². The van der Waals surface area contributed by atoms with Crippen LogP contribution in [0.4, 0.5) is 0 Å². The third-order valence-electron chi connectivity index (χ3n) is 5.42. The average molecular weight is 344 g/mol. The average Bonchev–Trinajstić information content (AvgIpc) is 3.26. The minimum Gasteiger partial charge on any atom is -0.506 e. The summed E-state index contributed by atoms with van der Waals surface area (Å²) in [6.45, 7) is 7.61. The first kappa shape index (κ1) is 17.4. The van der Waals surface area contributed by atoms with E-state index in [4.69, 9.17) is 0 Å². The quantitative estimate of drug-likeness (QED) is 0.757. The molecule has 2 heterocycles. The summed E-state index contributed by atoms with van der Waals surface area (Å²) in [4.78, 5) is 33.1. The molecular weight excluding hydrogens is 320 g/mol. The van der Waals surface area contributed by atoms with Crippen LogP contribution in [0, 0.1) is 5.92 Å². The number of nitrogens with one attached hydrogen (secondary N) is 2. The monoisotopic (exact) mass is 344 g/mol. The van der Waals surface area contributed by atoms with E-state index in [-0.39, 0.29) is 46.1 Å². The molecule has 0 aromatic carbocycles. The Morgan fingerprint density at radius 1 is 1.44 bits per heavy atom. The van der Waals surface area contributed by atoms with Crippen molar-refractivity contribution >= 4 is 17.6 Å². The highest BCUT2D eigenvalue weighted by atomic mass is 16.3. The molecule has 1 aromatic heterocycles. The Labute approximate surface area is 146 Å². The number of amides is 2. The van der Waals surface area contributed by atoms with Crippen molar-refractivity contribution < 1.29 is 14.7 Å². The Bertz CT molecular complexity index is 768. The number of aromatic hydroxyl groups is 1. The van der Waals surface area contributed by atoms with Crippen molar-refractivity contribution in [2.75, 3.05) is 0 Å². The van der Waals surface area contributed by atoms with Gasteiger partial charge in [-0.05, 0) is 38.2 Å². The van der Waals surface area contributed by atoms with Gasteiger partial charge in [-0.15, -0.1) is 0 Å². The number of amidine groups is 1. The topological polar surface area (TPSA) is 104 Å². The second-order valence-corrected chi connectivity index (χ2v) is 7.40. The summed E-state index contributed by atoms with van der Waals surface area (Å²) in [7, 11) is 0. The molecule has 2 amide bonds. The predicted molar refractivity (Wildman–Crippen MR) is 93.5 cm³/mol. The van der Waals surface area contributed by atoms with Crippen molar-refractivity contribution in [3.8, 4) is 5.75 Å². The molecule has 3 N–H and O–H groups in total. The molecule has 134 valence electrons. The summed E-state index contributed by atoms with van der Waals surface area (Å²) in [5.74, 6) is -0.419. The first-order valence-electron chi connectivity index (χ1n) is 8.64. The van der Waals surface area contributed by atoms with Crippen molar-refractivity contribution in [2.45, 2.75) is 58.0 Å². The Hall–Kier alpha value is -2.44. The number of aromatic nitrogens is 1. The summed E-state index contributed by atoms with van der Waals surface area (Å²) in [5, 5.41) is 16.0. The Morgan fingerprint density at radius 2 is 2.12 bits per heavy atom. The van der Waals surface area contributed by atoms with Gasteiger partial charge in [0.1, 0.15) is 17.0 Å². The fourth-order valence-electron chi connectivity index (χ4n) is 2.84. The summed E-state index contributed by atoms with van der Waals surface area (Å²) >= 11 is 0. The molecule has 7 heteroatoms. The Morgan fingerprint density at radius 3 is 2.60 bits per heavy atom. The zero-order valence-electron chi connectivity index (χ0n) is 15.0. The largest absolute Gasteiger partial charge is 0.506 e. The Kier molecular flexibility index (Phi) is 4.05.